The zero-order valence-corrected chi connectivity index (χ0v) is 14.9. The number of aryl methyl sites for hydroxylation is 1. The molecule has 0 aromatic heterocycles. The number of amides is 1. The molecule has 0 radical (unpaired) electrons. The molecule has 2 aliphatic rings. The molecule has 0 unspecified atom stereocenters. The van der Waals surface area contributed by atoms with Crippen LogP contribution in [0.3, 0.4) is 0 Å². The lowest BCUT2D eigenvalue weighted by atomic mass is 9.85. The summed E-state index contributed by atoms with van der Waals surface area (Å²) in [6, 6.07) is 3.19. The molecule has 2 atom stereocenters. The van der Waals surface area contributed by atoms with Crippen molar-refractivity contribution in [1.29, 1.82) is 0 Å². The van der Waals surface area contributed by atoms with E-state index in [1.165, 1.54) is 0 Å². The molecule has 6 heteroatoms. The number of aromatic hydroxyl groups is 1. The number of nitrogens with one attached hydrogen (secondary N) is 1. The highest BCUT2D eigenvalue weighted by atomic mass is 35.5. The van der Waals surface area contributed by atoms with Gasteiger partial charge in [-0.2, -0.15) is 0 Å². The minimum absolute atomic E-state index is 0.134. The lowest BCUT2D eigenvalue weighted by Crippen LogP contribution is -2.44. The van der Waals surface area contributed by atoms with Crippen LogP contribution in [0.25, 0.3) is 0 Å². The lowest BCUT2D eigenvalue weighted by molar-refractivity contribution is -0.136. The Bertz CT molecular complexity index is 609. The van der Waals surface area contributed by atoms with Gasteiger partial charge in [-0.05, 0) is 56.3 Å². The van der Waals surface area contributed by atoms with Crippen LogP contribution in [0.2, 0.25) is 5.02 Å². The molecule has 0 spiro atoms. The third kappa shape index (κ3) is 3.53. The van der Waals surface area contributed by atoms with E-state index in [2.05, 4.69) is 5.32 Å². The number of phenols is 1. The highest BCUT2D eigenvalue weighted by molar-refractivity contribution is 6.31. The largest absolute Gasteiger partial charge is 0.508 e. The number of hydrogen-bond acceptors (Lipinski definition) is 4. The maximum absolute atomic E-state index is 12.5. The van der Waals surface area contributed by atoms with E-state index in [0.717, 1.165) is 51.0 Å². The maximum Gasteiger partial charge on any atom is 0.227 e. The van der Waals surface area contributed by atoms with Gasteiger partial charge in [-0.15, -0.1) is 0 Å². The van der Waals surface area contributed by atoms with E-state index in [9.17, 15) is 9.90 Å². The second-order valence-electron chi connectivity index (χ2n) is 7.04. The van der Waals surface area contributed by atoms with E-state index in [1.54, 1.807) is 12.1 Å². The van der Waals surface area contributed by atoms with Crippen molar-refractivity contribution in [3.05, 3.63) is 28.3 Å². The summed E-state index contributed by atoms with van der Waals surface area (Å²) < 4.78 is 0. The molecule has 5 nitrogen and oxygen atoms in total. The van der Waals surface area contributed by atoms with Crippen molar-refractivity contribution >= 4 is 17.5 Å². The Kier molecular flexibility index (Phi) is 5.33. The number of carbonyl (C=O) groups is 1. The average molecular weight is 352 g/mol. The molecule has 1 aromatic rings. The first-order valence-electron chi connectivity index (χ1n) is 8.71. The molecule has 4 N–H and O–H groups in total. The molecule has 1 aromatic carbocycles. The SMILES string of the molecule is Cc1cc(O)c([C@H](N)C2CCN(C(=O)[C@@H]3CCNC3)CC2)cc1Cl. The van der Waals surface area contributed by atoms with Crippen LogP contribution in [0.1, 0.15) is 36.4 Å². The molecule has 132 valence electrons. The number of piperidine rings is 1. The van der Waals surface area contributed by atoms with Crippen molar-refractivity contribution in [1.82, 2.24) is 10.2 Å². The number of nitrogens with zero attached hydrogens (tertiary/aromatic N) is 1. The Labute approximate surface area is 148 Å². The number of benzene rings is 1. The van der Waals surface area contributed by atoms with E-state index in [-0.39, 0.29) is 29.5 Å². The zero-order chi connectivity index (χ0) is 17.3. The molecule has 2 heterocycles. The van der Waals surface area contributed by atoms with Crippen molar-refractivity contribution in [2.75, 3.05) is 26.2 Å². The standard InChI is InChI=1S/C18H26ClN3O2/c1-11-8-16(23)14(9-15(11)19)17(20)12-3-6-22(7-4-12)18(24)13-2-5-21-10-13/h8-9,12-13,17,21,23H,2-7,10,20H2,1H3/t13-,17-/m1/s1. The first kappa shape index (κ1) is 17.5. The van der Waals surface area contributed by atoms with Crippen LogP contribution >= 0.6 is 11.6 Å². The Morgan fingerprint density at radius 3 is 2.71 bits per heavy atom. The molecule has 1 amide bonds. The Balaban J connectivity index is 1.62. The predicted molar refractivity (Wildman–Crippen MR) is 95.1 cm³/mol. The lowest BCUT2D eigenvalue weighted by Gasteiger charge is -2.36. The number of nitrogens with two attached hydrogens (primary N) is 1. The highest BCUT2D eigenvalue weighted by Gasteiger charge is 2.32. The monoisotopic (exact) mass is 351 g/mol. The van der Waals surface area contributed by atoms with Crippen LogP contribution < -0.4 is 11.1 Å². The van der Waals surface area contributed by atoms with Crippen molar-refractivity contribution in [3.63, 3.8) is 0 Å². The van der Waals surface area contributed by atoms with E-state index in [1.807, 2.05) is 11.8 Å². The van der Waals surface area contributed by atoms with Gasteiger partial charge in [-0.1, -0.05) is 11.6 Å². The van der Waals surface area contributed by atoms with E-state index >= 15 is 0 Å². The predicted octanol–water partition coefficient (Wildman–Crippen LogP) is 2.20. The molecule has 0 saturated carbocycles. The quantitative estimate of drug-likeness (QED) is 0.780. The summed E-state index contributed by atoms with van der Waals surface area (Å²) in [6.07, 6.45) is 2.66. The normalized spacial score (nSPS) is 23.5. The summed E-state index contributed by atoms with van der Waals surface area (Å²) in [7, 11) is 0. The fraction of sp³-hybridized carbons (Fsp3) is 0.611. The van der Waals surface area contributed by atoms with Gasteiger partial charge >= 0.3 is 0 Å². The Morgan fingerprint density at radius 2 is 2.08 bits per heavy atom. The van der Waals surface area contributed by atoms with E-state index < -0.39 is 0 Å². The number of likely N-dealkylation sites (tertiary alicyclic amines) is 1. The smallest absolute Gasteiger partial charge is 0.227 e. The molecule has 0 bridgehead atoms. The minimum Gasteiger partial charge on any atom is -0.508 e. The van der Waals surface area contributed by atoms with Gasteiger partial charge in [-0.25, -0.2) is 0 Å². The van der Waals surface area contributed by atoms with Gasteiger partial charge in [0, 0.05) is 36.3 Å². The van der Waals surface area contributed by atoms with E-state index in [0.29, 0.717) is 10.6 Å². The van der Waals surface area contributed by atoms with E-state index in [4.69, 9.17) is 17.3 Å². The first-order valence-corrected chi connectivity index (χ1v) is 9.09. The second kappa shape index (κ2) is 7.30. The van der Waals surface area contributed by atoms with Crippen LogP contribution in [0.15, 0.2) is 12.1 Å². The van der Waals surface area contributed by atoms with Gasteiger partial charge in [0.25, 0.3) is 0 Å². The van der Waals surface area contributed by atoms with Gasteiger partial charge in [0.05, 0.1) is 5.92 Å². The first-order chi connectivity index (χ1) is 11.5. The second-order valence-corrected chi connectivity index (χ2v) is 7.45. The number of halogens is 1. The maximum atomic E-state index is 12.5. The van der Waals surface area contributed by atoms with Gasteiger partial charge < -0.3 is 21.1 Å². The van der Waals surface area contributed by atoms with Crippen LogP contribution in [-0.4, -0.2) is 42.1 Å². The molecule has 2 saturated heterocycles. The minimum atomic E-state index is -0.256. The molecule has 0 aliphatic carbocycles. The summed E-state index contributed by atoms with van der Waals surface area (Å²) in [6.45, 7) is 5.08. The Morgan fingerprint density at radius 1 is 1.38 bits per heavy atom. The third-order valence-corrected chi connectivity index (χ3v) is 5.84. The van der Waals surface area contributed by atoms with Crippen molar-refractivity contribution in [3.8, 4) is 5.75 Å². The van der Waals surface area contributed by atoms with Gasteiger partial charge in [0.2, 0.25) is 5.91 Å². The van der Waals surface area contributed by atoms with Crippen LogP contribution in [0.5, 0.6) is 5.75 Å². The highest BCUT2D eigenvalue weighted by Crippen LogP contribution is 2.36. The fourth-order valence-corrected chi connectivity index (χ4v) is 3.98. The molecular weight excluding hydrogens is 326 g/mol. The summed E-state index contributed by atoms with van der Waals surface area (Å²) in [4.78, 5) is 14.5. The van der Waals surface area contributed by atoms with Crippen molar-refractivity contribution < 1.29 is 9.90 Å². The van der Waals surface area contributed by atoms with Gasteiger partial charge in [0.1, 0.15) is 5.75 Å². The molecule has 24 heavy (non-hydrogen) atoms. The summed E-state index contributed by atoms with van der Waals surface area (Å²) in [5.41, 5.74) is 7.95. The molecule has 2 aliphatic heterocycles. The molecular formula is C18H26ClN3O2. The van der Waals surface area contributed by atoms with Crippen molar-refractivity contribution in [2.45, 2.75) is 32.2 Å². The van der Waals surface area contributed by atoms with Crippen LogP contribution in [0, 0.1) is 18.8 Å². The summed E-state index contributed by atoms with van der Waals surface area (Å²) in [5.74, 6) is 0.865. The fourth-order valence-electron chi connectivity index (χ4n) is 3.81. The van der Waals surface area contributed by atoms with Gasteiger partial charge in [0.15, 0.2) is 0 Å². The average Bonchev–Trinajstić information content (AvgIpc) is 3.11. The topological polar surface area (TPSA) is 78.6 Å². The number of carbonyl (C=O) groups excluding carboxylic acids is 1. The zero-order valence-electron chi connectivity index (χ0n) is 14.1. The summed E-state index contributed by atoms with van der Waals surface area (Å²) in [5, 5.41) is 14.1. The molecule has 2 fully saturated rings. The van der Waals surface area contributed by atoms with Gasteiger partial charge in [-0.3, -0.25) is 4.79 Å². The summed E-state index contributed by atoms with van der Waals surface area (Å²) >= 11 is 6.18. The molecule has 3 rings (SSSR count). The third-order valence-electron chi connectivity index (χ3n) is 5.44. The van der Waals surface area contributed by atoms with Crippen molar-refractivity contribution in [2.24, 2.45) is 17.6 Å². The number of phenolic OH excluding ortho intramolecular Hbond substituents is 1. The Hall–Kier alpha value is -1.30. The van der Waals surface area contributed by atoms with Crippen LogP contribution in [0.4, 0.5) is 0 Å². The number of hydrogen-bond donors (Lipinski definition) is 3. The van der Waals surface area contributed by atoms with Crippen LogP contribution in [-0.2, 0) is 4.79 Å². The number of rotatable bonds is 3.